The Kier molecular flexibility index (Phi) is 5.02. The average molecular weight is 353 g/mol. The van der Waals surface area contributed by atoms with E-state index in [0.717, 1.165) is 55.5 Å². The molecule has 2 N–H and O–H groups in total. The van der Waals surface area contributed by atoms with Crippen LogP contribution >= 0.6 is 0 Å². The van der Waals surface area contributed by atoms with E-state index in [2.05, 4.69) is 27.2 Å². The largest absolute Gasteiger partial charge is 0.361 e. The third kappa shape index (κ3) is 4.22. The topological polar surface area (TPSA) is 102 Å². The Labute approximate surface area is 141 Å². The number of hydrogen-bond donors (Lipinski definition) is 2. The zero-order valence-electron chi connectivity index (χ0n) is 13.9. The van der Waals surface area contributed by atoms with Crippen LogP contribution in [0.2, 0.25) is 0 Å². The highest BCUT2D eigenvalue weighted by Crippen LogP contribution is 2.25. The van der Waals surface area contributed by atoms with Crippen LogP contribution in [-0.2, 0) is 42.5 Å². The van der Waals surface area contributed by atoms with Crippen molar-refractivity contribution in [3.05, 3.63) is 35.0 Å². The van der Waals surface area contributed by atoms with E-state index in [9.17, 15) is 8.42 Å². The molecule has 2 aromatic rings. The monoisotopic (exact) mass is 353 g/mol. The van der Waals surface area contributed by atoms with Crippen molar-refractivity contribution in [3.63, 3.8) is 0 Å². The van der Waals surface area contributed by atoms with Crippen LogP contribution in [-0.4, -0.2) is 35.7 Å². The molecular formula is C15H23N5O3S. The van der Waals surface area contributed by atoms with Crippen molar-refractivity contribution in [1.29, 1.82) is 0 Å². The van der Waals surface area contributed by atoms with E-state index >= 15 is 0 Å². The molecule has 0 fully saturated rings. The van der Waals surface area contributed by atoms with E-state index in [1.807, 2.05) is 17.1 Å². The number of sulfonamides is 1. The van der Waals surface area contributed by atoms with E-state index in [0.29, 0.717) is 11.7 Å². The van der Waals surface area contributed by atoms with Gasteiger partial charge in [-0.2, -0.15) is 5.10 Å². The molecule has 2 heterocycles. The molecule has 1 atom stereocenters. The molecule has 9 heteroatoms. The lowest BCUT2D eigenvalue weighted by Gasteiger charge is -2.22. The summed E-state index contributed by atoms with van der Waals surface area (Å²) in [6.07, 6.45) is 7.64. The van der Waals surface area contributed by atoms with Crippen LogP contribution in [0.3, 0.4) is 0 Å². The summed E-state index contributed by atoms with van der Waals surface area (Å²) in [5.74, 6) is 0.872. The molecule has 0 amide bonds. The molecule has 8 nitrogen and oxygen atoms in total. The van der Waals surface area contributed by atoms with E-state index in [4.69, 9.17) is 4.52 Å². The van der Waals surface area contributed by atoms with Crippen molar-refractivity contribution in [2.24, 2.45) is 0 Å². The highest BCUT2D eigenvalue weighted by Gasteiger charge is 2.25. The molecular weight excluding hydrogens is 330 g/mol. The molecule has 0 saturated carbocycles. The number of nitrogens with zero attached hydrogens (tertiary/aromatic N) is 3. The standard InChI is InChI=1S/C15H23N5O3S/c1-3-20-10-11(8-17-20)7-16-12-4-5-15-13(6-12)14(19-23-15)9-18-24(2,21)22/h8,10,12,16,18H,3-7,9H2,1-2H3. The molecule has 0 aliphatic heterocycles. The fourth-order valence-electron chi connectivity index (χ4n) is 2.91. The second-order valence-corrected chi connectivity index (χ2v) is 7.98. The Morgan fingerprint density at radius 2 is 2.25 bits per heavy atom. The Morgan fingerprint density at radius 1 is 1.42 bits per heavy atom. The van der Waals surface area contributed by atoms with Crippen molar-refractivity contribution >= 4 is 10.0 Å². The van der Waals surface area contributed by atoms with Crippen LogP contribution < -0.4 is 10.0 Å². The van der Waals surface area contributed by atoms with Crippen molar-refractivity contribution in [2.45, 2.75) is 51.9 Å². The summed E-state index contributed by atoms with van der Waals surface area (Å²) in [4.78, 5) is 0. The maximum absolute atomic E-state index is 11.3. The fourth-order valence-corrected chi connectivity index (χ4v) is 3.31. The molecule has 0 saturated heterocycles. The van der Waals surface area contributed by atoms with E-state index in [1.54, 1.807) is 0 Å². The van der Waals surface area contributed by atoms with Gasteiger partial charge in [0, 0.05) is 42.9 Å². The van der Waals surface area contributed by atoms with Crippen LogP contribution in [0.5, 0.6) is 0 Å². The predicted molar refractivity (Wildman–Crippen MR) is 88.7 cm³/mol. The van der Waals surface area contributed by atoms with Crippen molar-refractivity contribution in [3.8, 4) is 0 Å². The molecule has 1 aliphatic carbocycles. The SMILES string of the molecule is CCn1cc(CNC2CCc3onc(CNS(C)(=O)=O)c3C2)cn1. The van der Waals surface area contributed by atoms with Crippen molar-refractivity contribution in [1.82, 2.24) is 25.0 Å². The zero-order chi connectivity index (χ0) is 17.2. The number of nitrogens with one attached hydrogen (secondary N) is 2. The normalized spacial score (nSPS) is 17.8. The van der Waals surface area contributed by atoms with Crippen LogP contribution in [0, 0.1) is 0 Å². The first-order valence-electron chi connectivity index (χ1n) is 8.10. The van der Waals surface area contributed by atoms with Crippen LogP contribution in [0.1, 0.15) is 35.9 Å². The van der Waals surface area contributed by atoms with Crippen LogP contribution in [0.15, 0.2) is 16.9 Å². The third-order valence-corrected chi connectivity index (χ3v) is 4.90. The summed E-state index contributed by atoms with van der Waals surface area (Å²) >= 11 is 0. The predicted octanol–water partition coefficient (Wildman–Crippen LogP) is 0.587. The highest BCUT2D eigenvalue weighted by molar-refractivity contribution is 7.88. The van der Waals surface area contributed by atoms with Gasteiger partial charge in [0.25, 0.3) is 0 Å². The fraction of sp³-hybridized carbons (Fsp3) is 0.600. The van der Waals surface area contributed by atoms with Crippen molar-refractivity contribution < 1.29 is 12.9 Å². The molecule has 1 unspecified atom stereocenters. The lowest BCUT2D eigenvalue weighted by Crippen LogP contribution is -2.34. The van der Waals surface area contributed by atoms with Crippen molar-refractivity contribution in [2.75, 3.05) is 6.26 Å². The second kappa shape index (κ2) is 7.04. The molecule has 1 aliphatic rings. The number of rotatable bonds is 7. The van der Waals surface area contributed by atoms with Crippen LogP contribution in [0.4, 0.5) is 0 Å². The Balaban J connectivity index is 1.59. The van der Waals surface area contributed by atoms with Gasteiger partial charge in [-0.25, -0.2) is 13.1 Å². The Hall–Kier alpha value is -1.71. The average Bonchev–Trinajstić information content (AvgIpc) is 3.16. The van der Waals surface area contributed by atoms with Gasteiger partial charge < -0.3 is 9.84 Å². The minimum Gasteiger partial charge on any atom is -0.361 e. The minimum atomic E-state index is -3.24. The lowest BCUT2D eigenvalue weighted by atomic mass is 9.92. The van der Waals surface area contributed by atoms with Gasteiger partial charge in [0.05, 0.1) is 19.0 Å². The van der Waals surface area contributed by atoms with Gasteiger partial charge in [-0.15, -0.1) is 0 Å². The van der Waals surface area contributed by atoms with Gasteiger partial charge in [0.15, 0.2) is 0 Å². The number of aromatic nitrogens is 3. The van der Waals surface area contributed by atoms with Gasteiger partial charge in [0.2, 0.25) is 10.0 Å². The Morgan fingerprint density at radius 3 is 2.96 bits per heavy atom. The first kappa shape index (κ1) is 17.1. The number of fused-ring (bicyclic) bond motifs is 1. The third-order valence-electron chi connectivity index (χ3n) is 4.23. The van der Waals surface area contributed by atoms with E-state index < -0.39 is 10.0 Å². The first-order chi connectivity index (χ1) is 11.4. The maximum Gasteiger partial charge on any atom is 0.209 e. The minimum absolute atomic E-state index is 0.174. The van der Waals surface area contributed by atoms with Crippen LogP contribution in [0.25, 0.3) is 0 Å². The summed E-state index contributed by atoms with van der Waals surface area (Å²) in [6, 6.07) is 0.318. The van der Waals surface area contributed by atoms with Gasteiger partial charge in [-0.1, -0.05) is 5.16 Å². The zero-order valence-corrected chi connectivity index (χ0v) is 14.8. The number of aryl methyl sites for hydroxylation is 2. The smallest absolute Gasteiger partial charge is 0.209 e. The summed E-state index contributed by atoms with van der Waals surface area (Å²) in [7, 11) is -3.24. The van der Waals surface area contributed by atoms with E-state index in [1.165, 1.54) is 0 Å². The molecule has 0 aromatic carbocycles. The lowest BCUT2D eigenvalue weighted by molar-refractivity contribution is 0.351. The van der Waals surface area contributed by atoms with Gasteiger partial charge in [-0.05, 0) is 19.8 Å². The van der Waals surface area contributed by atoms with Gasteiger partial charge >= 0.3 is 0 Å². The second-order valence-electron chi connectivity index (χ2n) is 6.15. The summed E-state index contributed by atoms with van der Waals surface area (Å²) < 4.78 is 32.2. The summed E-state index contributed by atoms with van der Waals surface area (Å²) in [6.45, 7) is 3.87. The molecule has 0 spiro atoms. The molecule has 2 aromatic heterocycles. The highest BCUT2D eigenvalue weighted by atomic mass is 32.2. The summed E-state index contributed by atoms with van der Waals surface area (Å²) in [5.41, 5.74) is 2.87. The quantitative estimate of drug-likeness (QED) is 0.755. The molecule has 0 radical (unpaired) electrons. The Bertz CT molecular complexity index is 796. The molecule has 3 rings (SSSR count). The molecule has 0 bridgehead atoms. The van der Waals surface area contributed by atoms with E-state index in [-0.39, 0.29) is 6.54 Å². The molecule has 132 valence electrons. The maximum atomic E-state index is 11.3. The van der Waals surface area contributed by atoms with Gasteiger partial charge in [-0.3, -0.25) is 4.68 Å². The number of hydrogen-bond acceptors (Lipinski definition) is 6. The van der Waals surface area contributed by atoms with Gasteiger partial charge in [0.1, 0.15) is 11.5 Å². The summed E-state index contributed by atoms with van der Waals surface area (Å²) in [5, 5.41) is 11.8. The molecule has 24 heavy (non-hydrogen) atoms. The first-order valence-corrected chi connectivity index (χ1v) is 9.99.